The molecule has 0 saturated heterocycles. The highest BCUT2D eigenvalue weighted by atomic mass is 35.5. The van der Waals surface area contributed by atoms with Gasteiger partial charge in [-0.1, -0.05) is 83.9 Å². The number of hydrogen-bond acceptors (Lipinski definition) is 3. The molecule has 6 rings (SSSR count). The van der Waals surface area contributed by atoms with E-state index in [1.165, 1.54) is 0 Å². The molecule has 6 aromatic rings. The minimum Gasteiger partial charge on any atom is -0.289 e. The Morgan fingerprint density at radius 2 is 0.921 bits per heavy atom. The molecule has 2 heterocycles. The summed E-state index contributed by atoms with van der Waals surface area (Å²) in [6.45, 7) is 0. The second-order valence-corrected chi connectivity index (χ2v) is 11.5. The number of rotatable bonds is 6. The van der Waals surface area contributed by atoms with Gasteiger partial charge < -0.3 is 0 Å². The van der Waals surface area contributed by atoms with Crippen LogP contribution in [0.4, 0.5) is 0 Å². The summed E-state index contributed by atoms with van der Waals surface area (Å²) >= 11 is 16.1. The maximum absolute atomic E-state index is 14.1. The van der Waals surface area contributed by atoms with Crippen LogP contribution < -0.4 is 0 Å². The van der Waals surface area contributed by atoms with Crippen LogP contribution in [0.3, 0.4) is 0 Å². The van der Waals surface area contributed by atoms with E-state index in [1.807, 2.05) is 60.7 Å². The standard InChI is InChI=1S/C33H20Cl2OS2/c34-25-11-13-27(29(17-25)31-15-23(19-37-31)21-7-3-1-4-8-21)33(36)28-14-12-26(35)18-30(28)32-16-24(20-38-32)22-9-5-2-6-10-22/h1-20H. The van der Waals surface area contributed by atoms with Gasteiger partial charge in [-0.3, -0.25) is 4.79 Å². The van der Waals surface area contributed by atoms with E-state index in [4.69, 9.17) is 23.2 Å². The molecule has 5 heteroatoms. The fourth-order valence-electron chi connectivity index (χ4n) is 4.50. The Morgan fingerprint density at radius 1 is 0.500 bits per heavy atom. The van der Waals surface area contributed by atoms with E-state index in [2.05, 4.69) is 47.2 Å². The van der Waals surface area contributed by atoms with Crippen LogP contribution >= 0.6 is 45.9 Å². The third kappa shape index (κ3) is 4.99. The van der Waals surface area contributed by atoms with Gasteiger partial charge in [0.05, 0.1) is 0 Å². The van der Waals surface area contributed by atoms with Gasteiger partial charge in [-0.15, -0.1) is 22.7 Å². The first kappa shape index (κ1) is 24.8. The fraction of sp³-hybridized carbons (Fsp3) is 0. The summed E-state index contributed by atoms with van der Waals surface area (Å²) in [5.74, 6) is -0.0624. The molecule has 0 fully saturated rings. The van der Waals surface area contributed by atoms with Gasteiger partial charge in [0, 0.05) is 42.1 Å². The number of benzene rings is 4. The second-order valence-electron chi connectivity index (χ2n) is 8.84. The topological polar surface area (TPSA) is 17.1 Å². The van der Waals surface area contributed by atoms with Gasteiger partial charge in [0.25, 0.3) is 0 Å². The summed E-state index contributed by atoms with van der Waals surface area (Å²) in [6.07, 6.45) is 0. The summed E-state index contributed by atoms with van der Waals surface area (Å²) < 4.78 is 0. The van der Waals surface area contributed by atoms with E-state index in [0.717, 1.165) is 43.1 Å². The SMILES string of the molecule is O=C(c1ccc(Cl)cc1-c1cc(-c2ccccc2)cs1)c1ccc(Cl)cc1-c1cc(-c2ccccc2)cs1. The van der Waals surface area contributed by atoms with Crippen molar-refractivity contribution in [2.75, 3.05) is 0 Å². The van der Waals surface area contributed by atoms with Gasteiger partial charge in [0.2, 0.25) is 0 Å². The normalized spacial score (nSPS) is 11.0. The molecule has 0 spiro atoms. The van der Waals surface area contributed by atoms with E-state index >= 15 is 0 Å². The van der Waals surface area contributed by atoms with E-state index in [9.17, 15) is 4.79 Å². The molecular weight excluding hydrogens is 547 g/mol. The van der Waals surface area contributed by atoms with Crippen molar-refractivity contribution in [1.29, 1.82) is 0 Å². The average molecular weight is 568 g/mol. The second kappa shape index (κ2) is 10.7. The van der Waals surface area contributed by atoms with Crippen LogP contribution in [0.25, 0.3) is 43.1 Å². The number of halogens is 2. The molecule has 2 aromatic heterocycles. The summed E-state index contributed by atoms with van der Waals surface area (Å²) in [5.41, 5.74) is 7.37. The molecule has 0 saturated carbocycles. The molecule has 0 aliphatic carbocycles. The number of hydrogen-bond donors (Lipinski definition) is 0. The van der Waals surface area contributed by atoms with Gasteiger partial charge in [-0.25, -0.2) is 0 Å². The fourth-order valence-corrected chi connectivity index (χ4v) is 6.74. The number of thiophene rings is 2. The number of carbonyl (C=O) groups is 1. The van der Waals surface area contributed by atoms with Crippen LogP contribution in [0.5, 0.6) is 0 Å². The van der Waals surface area contributed by atoms with Gasteiger partial charge in [-0.05, 0) is 81.5 Å². The number of ketones is 1. The quantitative estimate of drug-likeness (QED) is 0.183. The predicted octanol–water partition coefficient (Wildman–Crippen LogP) is 11.0. The van der Waals surface area contributed by atoms with Crippen molar-refractivity contribution in [2.45, 2.75) is 0 Å². The largest absolute Gasteiger partial charge is 0.289 e. The molecule has 0 aliphatic rings. The van der Waals surface area contributed by atoms with Gasteiger partial charge in [0.15, 0.2) is 5.78 Å². The molecule has 184 valence electrons. The van der Waals surface area contributed by atoms with Crippen molar-refractivity contribution in [1.82, 2.24) is 0 Å². The van der Waals surface area contributed by atoms with E-state index < -0.39 is 0 Å². The van der Waals surface area contributed by atoms with Gasteiger partial charge >= 0.3 is 0 Å². The highest BCUT2D eigenvalue weighted by molar-refractivity contribution is 7.14. The number of carbonyl (C=O) groups excluding carboxylic acids is 1. The first-order valence-corrected chi connectivity index (χ1v) is 14.5. The molecule has 0 bridgehead atoms. The zero-order valence-corrected chi connectivity index (χ0v) is 23.2. The van der Waals surface area contributed by atoms with Crippen LogP contribution in [0.2, 0.25) is 10.0 Å². The first-order chi connectivity index (χ1) is 18.6. The summed E-state index contributed by atoms with van der Waals surface area (Å²) in [5, 5.41) is 5.41. The Kier molecular flexibility index (Phi) is 7.01. The van der Waals surface area contributed by atoms with Crippen molar-refractivity contribution in [3.8, 4) is 43.1 Å². The zero-order valence-electron chi connectivity index (χ0n) is 20.0. The summed E-state index contributed by atoms with van der Waals surface area (Å²) in [4.78, 5) is 16.1. The minimum atomic E-state index is -0.0624. The minimum absolute atomic E-state index is 0.0624. The molecule has 1 nitrogen and oxygen atoms in total. The average Bonchev–Trinajstić information content (AvgIpc) is 3.65. The lowest BCUT2D eigenvalue weighted by atomic mass is 9.93. The molecule has 0 aliphatic heterocycles. The van der Waals surface area contributed by atoms with Crippen molar-refractivity contribution in [2.24, 2.45) is 0 Å². The summed E-state index contributed by atoms with van der Waals surface area (Å²) in [7, 11) is 0. The van der Waals surface area contributed by atoms with Crippen LogP contribution in [0.1, 0.15) is 15.9 Å². The van der Waals surface area contributed by atoms with Crippen LogP contribution in [0, 0.1) is 0 Å². The van der Waals surface area contributed by atoms with Crippen LogP contribution in [-0.2, 0) is 0 Å². The van der Waals surface area contributed by atoms with Crippen LogP contribution in [-0.4, -0.2) is 5.78 Å². The molecule has 0 atom stereocenters. The Balaban J connectivity index is 1.42. The molecule has 38 heavy (non-hydrogen) atoms. The van der Waals surface area contributed by atoms with Gasteiger partial charge in [0.1, 0.15) is 0 Å². The maximum Gasteiger partial charge on any atom is 0.194 e. The maximum atomic E-state index is 14.1. The highest BCUT2D eigenvalue weighted by Crippen LogP contribution is 2.40. The third-order valence-electron chi connectivity index (χ3n) is 6.40. The van der Waals surface area contributed by atoms with Crippen molar-refractivity contribution in [3.05, 3.63) is 141 Å². The lowest BCUT2D eigenvalue weighted by Crippen LogP contribution is -2.05. The smallest absolute Gasteiger partial charge is 0.194 e. The van der Waals surface area contributed by atoms with Crippen molar-refractivity contribution >= 4 is 51.7 Å². The van der Waals surface area contributed by atoms with Crippen LogP contribution in [0.15, 0.2) is 120 Å². The molecule has 0 radical (unpaired) electrons. The Labute approximate surface area is 239 Å². The molecule has 0 unspecified atom stereocenters. The van der Waals surface area contributed by atoms with Crippen molar-refractivity contribution in [3.63, 3.8) is 0 Å². The van der Waals surface area contributed by atoms with E-state index in [0.29, 0.717) is 21.2 Å². The highest BCUT2D eigenvalue weighted by Gasteiger charge is 2.21. The lowest BCUT2D eigenvalue weighted by Gasteiger charge is -2.12. The molecule has 4 aromatic carbocycles. The van der Waals surface area contributed by atoms with Gasteiger partial charge in [-0.2, -0.15) is 0 Å². The Morgan fingerprint density at radius 3 is 1.34 bits per heavy atom. The van der Waals surface area contributed by atoms with E-state index in [1.54, 1.807) is 34.8 Å². The monoisotopic (exact) mass is 566 g/mol. The first-order valence-electron chi connectivity index (χ1n) is 12.0. The molecular formula is C33H20Cl2OS2. The summed E-state index contributed by atoms with van der Waals surface area (Å²) in [6, 6.07) is 35.6. The zero-order chi connectivity index (χ0) is 26.1. The van der Waals surface area contributed by atoms with E-state index in [-0.39, 0.29) is 5.78 Å². The molecule has 0 N–H and O–H groups in total. The Hall–Kier alpha value is -3.47. The third-order valence-corrected chi connectivity index (χ3v) is 8.79. The predicted molar refractivity (Wildman–Crippen MR) is 164 cm³/mol. The van der Waals surface area contributed by atoms with Crippen molar-refractivity contribution < 1.29 is 4.79 Å². The lowest BCUT2D eigenvalue weighted by molar-refractivity contribution is 0.104. The molecule has 0 amide bonds. The Bertz CT molecular complexity index is 1620.